The SMILES string of the molecule is CC(=O)NC1(C(=O)O)CCC(=O)O1. The largest absolute Gasteiger partial charge is 0.477 e. The van der Waals surface area contributed by atoms with Gasteiger partial charge < -0.3 is 15.2 Å². The third kappa shape index (κ3) is 1.77. The van der Waals surface area contributed by atoms with E-state index in [2.05, 4.69) is 10.1 Å². The lowest BCUT2D eigenvalue weighted by Crippen LogP contribution is -2.53. The Hall–Kier alpha value is -1.59. The van der Waals surface area contributed by atoms with Crippen molar-refractivity contribution in [3.8, 4) is 0 Å². The molecule has 0 radical (unpaired) electrons. The highest BCUT2D eigenvalue weighted by Crippen LogP contribution is 2.24. The molecule has 0 aromatic heterocycles. The van der Waals surface area contributed by atoms with Gasteiger partial charge in [-0.2, -0.15) is 0 Å². The van der Waals surface area contributed by atoms with E-state index in [1.807, 2.05) is 0 Å². The minimum Gasteiger partial charge on any atom is -0.477 e. The van der Waals surface area contributed by atoms with Crippen LogP contribution < -0.4 is 5.32 Å². The number of aliphatic carboxylic acids is 1. The highest BCUT2D eigenvalue weighted by molar-refractivity contribution is 5.89. The number of hydrogen-bond acceptors (Lipinski definition) is 4. The van der Waals surface area contributed by atoms with Crippen molar-refractivity contribution in [2.75, 3.05) is 0 Å². The quantitative estimate of drug-likeness (QED) is 0.554. The first-order chi connectivity index (χ1) is 5.96. The van der Waals surface area contributed by atoms with Crippen LogP contribution in [0.15, 0.2) is 0 Å². The van der Waals surface area contributed by atoms with Crippen LogP contribution in [0.5, 0.6) is 0 Å². The van der Waals surface area contributed by atoms with Gasteiger partial charge in [-0.05, 0) is 0 Å². The van der Waals surface area contributed by atoms with Crippen LogP contribution in [-0.4, -0.2) is 28.7 Å². The topological polar surface area (TPSA) is 92.7 Å². The fraction of sp³-hybridized carbons (Fsp3) is 0.571. The minimum atomic E-state index is -1.84. The number of carboxylic acid groups (broad SMARTS) is 1. The molecular formula is C7H9NO5. The molecule has 72 valence electrons. The van der Waals surface area contributed by atoms with Crippen molar-refractivity contribution in [2.24, 2.45) is 0 Å². The molecule has 13 heavy (non-hydrogen) atoms. The maximum absolute atomic E-state index is 10.7. The molecule has 6 nitrogen and oxygen atoms in total. The number of amides is 1. The summed E-state index contributed by atoms with van der Waals surface area (Å²) in [5.41, 5.74) is -1.84. The second-order valence-electron chi connectivity index (χ2n) is 2.79. The zero-order valence-electron chi connectivity index (χ0n) is 6.99. The van der Waals surface area contributed by atoms with Gasteiger partial charge in [-0.25, -0.2) is 4.79 Å². The minimum absolute atomic E-state index is 0.00653. The van der Waals surface area contributed by atoms with Crippen LogP contribution in [0.1, 0.15) is 19.8 Å². The van der Waals surface area contributed by atoms with Crippen LogP contribution in [0.2, 0.25) is 0 Å². The van der Waals surface area contributed by atoms with Crippen molar-refractivity contribution in [2.45, 2.75) is 25.5 Å². The van der Waals surface area contributed by atoms with Crippen LogP contribution in [0, 0.1) is 0 Å². The monoisotopic (exact) mass is 187 g/mol. The lowest BCUT2D eigenvalue weighted by atomic mass is 10.1. The van der Waals surface area contributed by atoms with Crippen molar-refractivity contribution in [3.05, 3.63) is 0 Å². The van der Waals surface area contributed by atoms with Gasteiger partial charge in [-0.15, -0.1) is 0 Å². The summed E-state index contributed by atoms with van der Waals surface area (Å²) in [6, 6.07) is 0. The van der Waals surface area contributed by atoms with Gasteiger partial charge in [0.25, 0.3) is 5.72 Å². The Morgan fingerprint density at radius 1 is 1.62 bits per heavy atom. The van der Waals surface area contributed by atoms with Gasteiger partial charge in [0.2, 0.25) is 5.91 Å². The summed E-state index contributed by atoms with van der Waals surface area (Å²) >= 11 is 0. The Kier molecular flexibility index (Phi) is 2.22. The first kappa shape index (κ1) is 9.50. The van der Waals surface area contributed by atoms with E-state index in [9.17, 15) is 14.4 Å². The molecule has 1 heterocycles. The summed E-state index contributed by atoms with van der Waals surface area (Å²) in [6.45, 7) is 1.16. The van der Waals surface area contributed by atoms with Gasteiger partial charge in [-0.3, -0.25) is 9.59 Å². The molecule has 0 bridgehead atoms. The highest BCUT2D eigenvalue weighted by Gasteiger charge is 2.48. The smallest absolute Gasteiger partial charge is 0.370 e. The maximum Gasteiger partial charge on any atom is 0.370 e. The summed E-state index contributed by atoms with van der Waals surface area (Å²) in [7, 11) is 0. The number of carboxylic acids is 1. The van der Waals surface area contributed by atoms with E-state index in [4.69, 9.17) is 5.11 Å². The predicted octanol–water partition coefficient (Wildman–Crippen LogP) is -0.760. The highest BCUT2D eigenvalue weighted by atomic mass is 16.6. The second kappa shape index (κ2) is 3.04. The summed E-state index contributed by atoms with van der Waals surface area (Å²) < 4.78 is 4.55. The van der Waals surface area contributed by atoms with Crippen molar-refractivity contribution in [1.29, 1.82) is 0 Å². The third-order valence-corrected chi connectivity index (χ3v) is 1.69. The number of esters is 1. The summed E-state index contributed by atoms with van der Waals surface area (Å²) in [5, 5.41) is 10.8. The molecule has 0 saturated carbocycles. The van der Waals surface area contributed by atoms with Crippen LogP contribution in [0.25, 0.3) is 0 Å². The van der Waals surface area contributed by atoms with E-state index in [0.717, 1.165) is 6.92 Å². The molecule has 2 N–H and O–H groups in total. The van der Waals surface area contributed by atoms with Crippen LogP contribution >= 0.6 is 0 Å². The molecule has 1 fully saturated rings. The molecule has 0 spiro atoms. The van der Waals surface area contributed by atoms with Crippen LogP contribution in [-0.2, 0) is 19.1 Å². The van der Waals surface area contributed by atoms with Crippen molar-refractivity contribution >= 4 is 17.8 Å². The average Bonchev–Trinajstić information content (AvgIpc) is 2.31. The Labute approximate surface area is 73.9 Å². The number of ether oxygens (including phenoxy) is 1. The summed E-state index contributed by atoms with van der Waals surface area (Å²) in [5.74, 6) is -2.51. The summed E-state index contributed by atoms with van der Waals surface area (Å²) in [6.07, 6.45) is -0.0205. The zero-order valence-corrected chi connectivity index (χ0v) is 6.99. The van der Waals surface area contributed by atoms with Gasteiger partial charge in [-0.1, -0.05) is 0 Å². The molecule has 0 aromatic rings. The molecule has 1 saturated heterocycles. The van der Waals surface area contributed by atoms with Crippen LogP contribution in [0.3, 0.4) is 0 Å². The van der Waals surface area contributed by atoms with Gasteiger partial charge in [0.05, 0.1) is 6.42 Å². The molecule has 1 aliphatic heterocycles. The van der Waals surface area contributed by atoms with E-state index < -0.39 is 23.6 Å². The van der Waals surface area contributed by atoms with Gasteiger partial charge in [0, 0.05) is 13.3 Å². The normalized spacial score (nSPS) is 26.7. The molecule has 1 unspecified atom stereocenters. The maximum atomic E-state index is 10.7. The number of cyclic esters (lactones) is 1. The first-order valence-corrected chi connectivity index (χ1v) is 3.70. The van der Waals surface area contributed by atoms with Gasteiger partial charge in [0.15, 0.2) is 0 Å². The van der Waals surface area contributed by atoms with E-state index in [0.29, 0.717) is 0 Å². The number of carbonyl (C=O) groups is 3. The number of nitrogens with one attached hydrogen (secondary N) is 1. The molecular weight excluding hydrogens is 178 g/mol. The number of carbonyl (C=O) groups excluding carboxylic acids is 2. The standard InChI is InChI=1S/C7H9NO5/c1-4(9)8-7(6(11)12)3-2-5(10)13-7/h2-3H2,1H3,(H,8,9)(H,11,12). The molecule has 1 amide bonds. The Balaban J connectivity index is 2.83. The second-order valence-corrected chi connectivity index (χ2v) is 2.79. The molecule has 1 atom stereocenters. The van der Waals surface area contributed by atoms with E-state index in [-0.39, 0.29) is 12.8 Å². The number of rotatable bonds is 2. The average molecular weight is 187 g/mol. The molecule has 6 heteroatoms. The van der Waals surface area contributed by atoms with Crippen LogP contribution in [0.4, 0.5) is 0 Å². The van der Waals surface area contributed by atoms with E-state index >= 15 is 0 Å². The van der Waals surface area contributed by atoms with Crippen molar-refractivity contribution < 1.29 is 24.2 Å². The van der Waals surface area contributed by atoms with Crippen molar-refractivity contribution in [3.63, 3.8) is 0 Å². The predicted molar refractivity (Wildman–Crippen MR) is 39.5 cm³/mol. The molecule has 0 aliphatic carbocycles. The zero-order chi connectivity index (χ0) is 10.1. The molecule has 0 aromatic carbocycles. The van der Waals surface area contributed by atoms with E-state index in [1.54, 1.807) is 0 Å². The molecule has 1 aliphatic rings. The Morgan fingerprint density at radius 3 is 2.54 bits per heavy atom. The fourth-order valence-electron chi connectivity index (χ4n) is 1.15. The Bertz CT molecular complexity index is 274. The van der Waals surface area contributed by atoms with E-state index in [1.165, 1.54) is 0 Å². The Morgan fingerprint density at radius 2 is 2.23 bits per heavy atom. The van der Waals surface area contributed by atoms with Gasteiger partial charge >= 0.3 is 11.9 Å². The number of hydrogen-bond donors (Lipinski definition) is 2. The molecule has 1 rings (SSSR count). The first-order valence-electron chi connectivity index (χ1n) is 3.70. The van der Waals surface area contributed by atoms with Crippen molar-refractivity contribution in [1.82, 2.24) is 5.32 Å². The third-order valence-electron chi connectivity index (χ3n) is 1.69. The lowest BCUT2D eigenvalue weighted by Gasteiger charge is -2.22. The fourth-order valence-corrected chi connectivity index (χ4v) is 1.15. The lowest BCUT2D eigenvalue weighted by molar-refractivity contribution is -0.174. The summed E-state index contributed by atoms with van der Waals surface area (Å²) in [4.78, 5) is 32.1. The van der Waals surface area contributed by atoms with Gasteiger partial charge in [0.1, 0.15) is 0 Å².